The Bertz CT molecular complexity index is 185. The summed E-state index contributed by atoms with van der Waals surface area (Å²) in [5, 5.41) is 11.8. The van der Waals surface area contributed by atoms with Gasteiger partial charge in [-0.15, -0.1) is 0 Å². The second-order valence-electron chi connectivity index (χ2n) is 4.00. The first kappa shape index (κ1) is 10.5. The molecule has 0 amide bonds. The van der Waals surface area contributed by atoms with Gasteiger partial charge in [0.1, 0.15) is 0 Å². The minimum atomic E-state index is 0.615. The van der Waals surface area contributed by atoms with Gasteiger partial charge in [0.25, 0.3) is 0 Å². The molecule has 0 aromatic heterocycles. The normalized spacial score (nSPS) is 29.9. The van der Waals surface area contributed by atoms with Gasteiger partial charge in [-0.3, -0.25) is 0 Å². The minimum absolute atomic E-state index is 0.615. The molecule has 2 unspecified atom stereocenters. The molecule has 1 N–H and O–H groups in total. The highest BCUT2D eigenvalue weighted by atomic mass is 15.1. The molecule has 1 fully saturated rings. The van der Waals surface area contributed by atoms with Crippen molar-refractivity contribution in [2.75, 3.05) is 26.7 Å². The first-order chi connectivity index (χ1) is 6.24. The minimum Gasteiger partial charge on any atom is -0.313 e. The number of nitrogens with one attached hydrogen (secondary N) is 1. The molecular weight excluding hydrogens is 162 g/mol. The molecule has 0 radical (unpaired) electrons. The van der Waals surface area contributed by atoms with Crippen molar-refractivity contribution in [1.82, 2.24) is 10.2 Å². The van der Waals surface area contributed by atoms with Gasteiger partial charge in [-0.1, -0.05) is 6.92 Å². The number of hydrogen-bond donors (Lipinski definition) is 1. The Morgan fingerprint density at radius 1 is 1.62 bits per heavy atom. The zero-order valence-electron chi connectivity index (χ0n) is 8.58. The number of likely N-dealkylation sites (tertiary alicyclic amines) is 1. The van der Waals surface area contributed by atoms with Crippen LogP contribution in [0.2, 0.25) is 0 Å². The summed E-state index contributed by atoms with van der Waals surface area (Å²) in [5.41, 5.74) is 0. The summed E-state index contributed by atoms with van der Waals surface area (Å²) in [4.78, 5) is 2.37. The van der Waals surface area contributed by atoms with E-state index in [1.54, 1.807) is 0 Å². The van der Waals surface area contributed by atoms with Crippen molar-refractivity contribution >= 4 is 0 Å². The van der Waals surface area contributed by atoms with Gasteiger partial charge in [0, 0.05) is 25.6 Å². The lowest BCUT2D eigenvalue weighted by molar-refractivity contribution is 0.176. The molecule has 0 saturated carbocycles. The number of piperidine rings is 1. The van der Waals surface area contributed by atoms with Crippen LogP contribution in [0.25, 0.3) is 0 Å². The summed E-state index contributed by atoms with van der Waals surface area (Å²) in [6.45, 7) is 5.47. The number of rotatable bonds is 3. The molecule has 0 aromatic rings. The fraction of sp³-hybridized carbons (Fsp3) is 0.900. The van der Waals surface area contributed by atoms with Crippen LogP contribution in [0.4, 0.5) is 0 Å². The molecule has 0 spiro atoms. The van der Waals surface area contributed by atoms with E-state index in [2.05, 4.69) is 30.3 Å². The highest BCUT2D eigenvalue weighted by molar-refractivity contribution is 4.82. The maximum Gasteiger partial charge on any atom is 0.0635 e. The van der Waals surface area contributed by atoms with Crippen LogP contribution in [0.1, 0.15) is 19.8 Å². The fourth-order valence-corrected chi connectivity index (χ4v) is 1.97. The van der Waals surface area contributed by atoms with Crippen molar-refractivity contribution in [3.63, 3.8) is 0 Å². The summed E-state index contributed by atoms with van der Waals surface area (Å²) in [6.07, 6.45) is 1.84. The Morgan fingerprint density at radius 3 is 3.00 bits per heavy atom. The van der Waals surface area contributed by atoms with E-state index in [9.17, 15) is 0 Å². The van der Waals surface area contributed by atoms with E-state index in [1.807, 2.05) is 0 Å². The average Bonchev–Trinajstić information content (AvgIpc) is 2.09. The third-order valence-corrected chi connectivity index (χ3v) is 2.75. The lowest BCUT2D eigenvalue weighted by Crippen LogP contribution is -2.47. The van der Waals surface area contributed by atoms with Crippen LogP contribution in [0, 0.1) is 17.2 Å². The van der Waals surface area contributed by atoms with Gasteiger partial charge in [-0.2, -0.15) is 5.26 Å². The van der Waals surface area contributed by atoms with Crippen LogP contribution >= 0.6 is 0 Å². The number of nitriles is 1. The molecule has 3 heteroatoms. The van der Waals surface area contributed by atoms with Crippen molar-refractivity contribution in [3.05, 3.63) is 0 Å². The van der Waals surface area contributed by atoms with Gasteiger partial charge in [-0.05, 0) is 25.9 Å². The van der Waals surface area contributed by atoms with Crippen LogP contribution in [-0.4, -0.2) is 37.6 Å². The molecule has 1 rings (SSSR count). The Labute approximate surface area is 80.7 Å². The molecule has 1 aliphatic heterocycles. The maximum atomic E-state index is 8.41. The van der Waals surface area contributed by atoms with E-state index in [0.717, 1.165) is 6.54 Å². The molecule has 13 heavy (non-hydrogen) atoms. The maximum absolute atomic E-state index is 8.41. The predicted molar refractivity (Wildman–Crippen MR) is 53.3 cm³/mol. The average molecular weight is 181 g/mol. The summed E-state index contributed by atoms with van der Waals surface area (Å²) in [7, 11) is 2.17. The molecule has 0 aromatic carbocycles. The highest BCUT2D eigenvalue weighted by Gasteiger charge is 2.22. The Kier molecular flexibility index (Phi) is 4.20. The smallest absolute Gasteiger partial charge is 0.0635 e. The van der Waals surface area contributed by atoms with Crippen LogP contribution < -0.4 is 5.32 Å². The third-order valence-electron chi connectivity index (χ3n) is 2.75. The van der Waals surface area contributed by atoms with Crippen molar-refractivity contribution in [3.8, 4) is 6.07 Å². The molecule has 3 nitrogen and oxygen atoms in total. The van der Waals surface area contributed by atoms with E-state index in [0.29, 0.717) is 18.4 Å². The SMILES string of the molecule is CC1CN(C)CCC1NCCC#N. The van der Waals surface area contributed by atoms with Crippen LogP contribution in [0.5, 0.6) is 0 Å². The number of nitrogens with zero attached hydrogens (tertiary/aromatic N) is 2. The van der Waals surface area contributed by atoms with Gasteiger partial charge in [0.15, 0.2) is 0 Å². The van der Waals surface area contributed by atoms with E-state index in [1.165, 1.54) is 19.5 Å². The monoisotopic (exact) mass is 181 g/mol. The summed E-state index contributed by atoms with van der Waals surface area (Å²) in [6, 6.07) is 2.77. The van der Waals surface area contributed by atoms with Crippen LogP contribution in [0.15, 0.2) is 0 Å². The van der Waals surface area contributed by atoms with Crippen LogP contribution in [-0.2, 0) is 0 Å². The topological polar surface area (TPSA) is 39.1 Å². The first-order valence-corrected chi connectivity index (χ1v) is 5.03. The molecule has 1 aliphatic rings. The largest absolute Gasteiger partial charge is 0.313 e. The van der Waals surface area contributed by atoms with Gasteiger partial charge in [0.2, 0.25) is 0 Å². The lowest BCUT2D eigenvalue weighted by atomic mass is 9.94. The second kappa shape index (κ2) is 5.21. The highest BCUT2D eigenvalue weighted by Crippen LogP contribution is 2.14. The molecule has 2 atom stereocenters. The molecular formula is C10H19N3. The molecule has 1 heterocycles. The quantitative estimate of drug-likeness (QED) is 0.655. The third kappa shape index (κ3) is 3.33. The Balaban J connectivity index is 2.22. The standard InChI is InChI=1S/C10H19N3/c1-9-8-13(2)7-4-10(9)12-6-3-5-11/h9-10,12H,3-4,6-8H2,1-2H3. The van der Waals surface area contributed by atoms with E-state index in [4.69, 9.17) is 5.26 Å². The fourth-order valence-electron chi connectivity index (χ4n) is 1.97. The van der Waals surface area contributed by atoms with E-state index in [-0.39, 0.29) is 0 Å². The van der Waals surface area contributed by atoms with Crippen molar-refractivity contribution in [2.45, 2.75) is 25.8 Å². The van der Waals surface area contributed by atoms with Gasteiger partial charge in [-0.25, -0.2) is 0 Å². The van der Waals surface area contributed by atoms with Crippen LogP contribution in [0.3, 0.4) is 0 Å². The van der Waals surface area contributed by atoms with Gasteiger partial charge in [0.05, 0.1) is 6.07 Å². The predicted octanol–water partition coefficient (Wildman–Crippen LogP) is 0.830. The number of hydrogen-bond acceptors (Lipinski definition) is 3. The lowest BCUT2D eigenvalue weighted by Gasteiger charge is -2.35. The molecule has 0 bridgehead atoms. The summed E-state index contributed by atoms with van der Waals surface area (Å²) >= 11 is 0. The van der Waals surface area contributed by atoms with Crippen molar-refractivity contribution in [2.24, 2.45) is 5.92 Å². The zero-order valence-corrected chi connectivity index (χ0v) is 8.58. The van der Waals surface area contributed by atoms with Gasteiger partial charge < -0.3 is 10.2 Å². The van der Waals surface area contributed by atoms with E-state index >= 15 is 0 Å². The zero-order chi connectivity index (χ0) is 9.68. The van der Waals surface area contributed by atoms with E-state index < -0.39 is 0 Å². The Hall–Kier alpha value is -0.590. The molecule has 0 aliphatic carbocycles. The molecule has 74 valence electrons. The van der Waals surface area contributed by atoms with Crippen molar-refractivity contribution < 1.29 is 0 Å². The second-order valence-corrected chi connectivity index (χ2v) is 4.00. The van der Waals surface area contributed by atoms with Crippen molar-refractivity contribution in [1.29, 1.82) is 5.26 Å². The summed E-state index contributed by atoms with van der Waals surface area (Å²) in [5.74, 6) is 0.706. The molecule has 1 saturated heterocycles. The Morgan fingerprint density at radius 2 is 2.38 bits per heavy atom. The summed E-state index contributed by atoms with van der Waals surface area (Å²) < 4.78 is 0. The van der Waals surface area contributed by atoms with Gasteiger partial charge >= 0.3 is 0 Å². The first-order valence-electron chi connectivity index (χ1n) is 5.03.